The summed E-state index contributed by atoms with van der Waals surface area (Å²) in [6.07, 6.45) is 20.9. The molecule has 1 heterocycles. The summed E-state index contributed by atoms with van der Waals surface area (Å²) in [6, 6.07) is 18.0. The first kappa shape index (κ1) is 32.5. The molecule has 1 aliphatic carbocycles. The monoisotopic (exact) mass is 526 g/mol. The van der Waals surface area contributed by atoms with Crippen LogP contribution in [-0.2, 0) is 12.8 Å². The average molecular weight is 527 g/mol. The van der Waals surface area contributed by atoms with Crippen LogP contribution in [0.2, 0.25) is 0 Å². The van der Waals surface area contributed by atoms with Gasteiger partial charge in [0.15, 0.2) is 0 Å². The molecular formula is C37H54N2. The summed E-state index contributed by atoms with van der Waals surface area (Å²) in [5.41, 5.74) is 12.8. The van der Waals surface area contributed by atoms with E-state index >= 15 is 0 Å². The average Bonchev–Trinajstić information content (AvgIpc) is 3.51. The van der Waals surface area contributed by atoms with Crippen LogP contribution in [0.15, 0.2) is 86.0 Å². The zero-order valence-electron chi connectivity index (χ0n) is 25.1. The van der Waals surface area contributed by atoms with Crippen LogP contribution in [0.3, 0.4) is 0 Å². The molecule has 2 nitrogen and oxygen atoms in total. The van der Waals surface area contributed by atoms with E-state index in [-0.39, 0.29) is 0 Å². The molecule has 2 heteroatoms. The van der Waals surface area contributed by atoms with Gasteiger partial charge in [0.05, 0.1) is 0 Å². The van der Waals surface area contributed by atoms with Crippen LogP contribution in [0.4, 0.5) is 0 Å². The second-order valence-corrected chi connectivity index (χ2v) is 10.7. The molecule has 0 spiro atoms. The van der Waals surface area contributed by atoms with E-state index in [1.165, 1.54) is 105 Å². The number of unbranched alkanes of at least 4 members (excludes halogenated alkanes) is 2. The maximum atomic E-state index is 4.50. The molecule has 1 atom stereocenters. The quantitative estimate of drug-likeness (QED) is 0.220. The highest BCUT2D eigenvalue weighted by Gasteiger charge is 2.12. The van der Waals surface area contributed by atoms with Gasteiger partial charge in [0.25, 0.3) is 0 Å². The highest BCUT2D eigenvalue weighted by molar-refractivity contribution is 5.70. The van der Waals surface area contributed by atoms with Crippen LogP contribution in [0.5, 0.6) is 0 Å². The van der Waals surface area contributed by atoms with E-state index in [9.17, 15) is 0 Å². The lowest BCUT2D eigenvalue weighted by Crippen LogP contribution is -2.20. The van der Waals surface area contributed by atoms with E-state index in [4.69, 9.17) is 0 Å². The van der Waals surface area contributed by atoms with E-state index in [2.05, 4.69) is 104 Å². The van der Waals surface area contributed by atoms with Gasteiger partial charge < -0.3 is 10.6 Å². The van der Waals surface area contributed by atoms with E-state index < -0.39 is 0 Å². The highest BCUT2D eigenvalue weighted by atomic mass is 15.1. The molecule has 1 unspecified atom stereocenters. The molecule has 0 radical (unpaired) electrons. The minimum absolute atomic E-state index is 0.649. The second kappa shape index (κ2) is 19.4. The lowest BCUT2D eigenvalue weighted by Gasteiger charge is -2.18. The Labute approximate surface area is 240 Å². The van der Waals surface area contributed by atoms with Crippen LogP contribution in [-0.4, -0.2) is 31.6 Å². The number of rotatable bonds is 12. The molecule has 39 heavy (non-hydrogen) atoms. The van der Waals surface area contributed by atoms with Crippen molar-refractivity contribution in [1.82, 2.24) is 4.90 Å². The third kappa shape index (κ3) is 11.9. The minimum atomic E-state index is 0.649. The van der Waals surface area contributed by atoms with Crippen molar-refractivity contribution in [2.24, 2.45) is 11.7 Å². The Morgan fingerprint density at radius 1 is 0.949 bits per heavy atom. The Balaban J connectivity index is 0.000000267. The Kier molecular flexibility index (Phi) is 16.2. The fraction of sp³-hybridized carbons (Fsp3) is 0.459. The molecule has 1 fully saturated rings. The molecule has 0 amide bonds. The molecule has 2 aromatic rings. The normalized spacial score (nSPS) is 16.4. The van der Waals surface area contributed by atoms with Gasteiger partial charge in [-0.15, -0.1) is 6.58 Å². The van der Waals surface area contributed by atoms with Crippen LogP contribution in [0.25, 0.3) is 11.1 Å². The van der Waals surface area contributed by atoms with E-state index in [1.54, 1.807) is 0 Å². The van der Waals surface area contributed by atoms with Crippen LogP contribution in [0.1, 0.15) is 87.5 Å². The Hall–Kier alpha value is -2.68. The number of nitrogens with two attached hydrogens (primary N) is 1. The van der Waals surface area contributed by atoms with Crippen molar-refractivity contribution < 1.29 is 0 Å². The zero-order valence-corrected chi connectivity index (χ0v) is 25.1. The van der Waals surface area contributed by atoms with Crippen molar-refractivity contribution >= 4 is 11.1 Å². The molecule has 2 N–H and O–H groups in total. The lowest BCUT2D eigenvalue weighted by atomic mass is 9.88. The van der Waals surface area contributed by atoms with Crippen molar-refractivity contribution in [3.63, 3.8) is 0 Å². The highest BCUT2D eigenvalue weighted by Crippen LogP contribution is 2.29. The summed E-state index contributed by atoms with van der Waals surface area (Å²) in [6.45, 7) is 16.3. The number of nitrogens with zero attached hydrogens (tertiary/aromatic N) is 1. The third-order valence-electron chi connectivity index (χ3n) is 7.77. The first-order valence-corrected chi connectivity index (χ1v) is 15.2. The van der Waals surface area contributed by atoms with Gasteiger partial charge in [-0.2, -0.15) is 0 Å². The van der Waals surface area contributed by atoms with Gasteiger partial charge in [0.1, 0.15) is 0 Å². The molecule has 2 aromatic carbocycles. The first-order chi connectivity index (χ1) is 19.1. The summed E-state index contributed by atoms with van der Waals surface area (Å²) >= 11 is 0. The number of benzene rings is 2. The second-order valence-electron chi connectivity index (χ2n) is 10.7. The van der Waals surface area contributed by atoms with Gasteiger partial charge >= 0.3 is 0 Å². The number of hydrogen-bond acceptors (Lipinski definition) is 2. The topological polar surface area (TPSA) is 29.3 Å². The van der Waals surface area contributed by atoms with Gasteiger partial charge in [-0.25, -0.2) is 0 Å². The predicted octanol–water partition coefficient (Wildman–Crippen LogP) is 9.28. The zero-order chi connectivity index (χ0) is 28.3. The number of hydrogen-bond donors (Lipinski definition) is 1. The lowest BCUT2D eigenvalue weighted by molar-refractivity contribution is 0.334. The van der Waals surface area contributed by atoms with Crippen LogP contribution < -0.4 is 5.73 Å². The van der Waals surface area contributed by atoms with Crippen LogP contribution >= 0.6 is 0 Å². The van der Waals surface area contributed by atoms with Crippen molar-refractivity contribution in [1.29, 1.82) is 0 Å². The van der Waals surface area contributed by atoms with Gasteiger partial charge in [-0.1, -0.05) is 93.3 Å². The fourth-order valence-electron chi connectivity index (χ4n) is 5.25. The summed E-state index contributed by atoms with van der Waals surface area (Å²) in [4.78, 5) is 2.61. The summed E-state index contributed by atoms with van der Waals surface area (Å²) in [5.74, 6) is 0.649. The van der Waals surface area contributed by atoms with Gasteiger partial charge in [-0.05, 0) is 130 Å². The van der Waals surface area contributed by atoms with Gasteiger partial charge in [0, 0.05) is 0 Å². The van der Waals surface area contributed by atoms with E-state index in [0.29, 0.717) is 5.92 Å². The number of likely N-dealkylation sites (tertiary alicyclic amines) is 1. The maximum absolute atomic E-state index is 4.50. The molecule has 0 aromatic heterocycles. The Morgan fingerprint density at radius 3 is 2.23 bits per heavy atom. The fourth-order valence-corrected chi connectivity index (χ4v) is 5.25. The smallest absolute Gasteiger partial charge is 0.00156 e. The molecule has 4 rings (SSSR count). The maximum Gasteiger partial charge on any atom is -0.00156 e. The molecule has 0 bridgehead atoms. The largest absolute Gasteiger partial charge is 0.333 e. The summed E-state index contributed by atoms with van der Waals surface area (Å²) in [5, 5.41) is 0. The molecule has 0 saturated carbocycles. The SMILES string of the molecule is C=CCCCCC(=C)c1ccc(CC)cc1.CC1CC=CC=C1c1ccc(CCCN2CCCC2)cc1.CN. The Morgan fingerprint density at radius 2 is 1.62 bits per heavy atom. The summed E-state index contributed by atoms with van der Waals surface area (Å²) < 4.78 is 0. The van der Waals surface area contributed by atoms with Crippen molar-refractivity contribution in [3.05, 3.63) is 108 Å². The third-order valence-corrected chi connectivity index (χ3v) is 7.77. The van der Waals surface area contributed by atoms with Gasteiger partial charge in [-0.3, -0.25) is 0 Å². The first-order valence-electron chi connectivity index (χ1n) is 15.2. The minimum Gasteiger partial charge on any atom is -0.333 e. The van der Waals surface area contributed by atoms with E-state index in [1.807, 2.05) is 6.08 Å². The predicted molar refractivity (Wildman–Crippen MR) is 175 cm³/mol. The van der Waals surface area contributed by atoms with Gasteiger partial charge in [0.2, 0.25) is 0 Å². The van der Waals surface area contributed by atoms with Crippen LogP contribution in [0, 0.1) is 5.92 Å². The Bertz CT molecular complexity index is 1000. The summed E-state index contributed by atoms with van der Waals surface area (Å²) in [7, 11) is 1.50. The van der Waals surface area contributed by atoms with E-state index in [0.717, 1.165) is 19.3 Å². The van der Waals surface area contributed by atoms with Crippen molar-refractivity contribution in [2.75, 3.05) is 26.7 Å². The molecule has 1 saturated heterocycles. The molecular weight excluding hydrogens is 472 g/mol. The van der Waals surface area contributed by atoms with Crippen molar-refractivity contribution in [2.45, 2.75) is 78.1 Å². The molecule has 212 valence electrons. The van der Waals surface area contributed by atoms with Crippen molar-refractivity contribution in [3.8, 4) is 0 Å². The number of aryl methyl sites for hydroxylation is 2. The number of allylic oxidation sites excluding steroid dienone is 6. The molecule has 2 aliphatic rings. The standard InChI is InChI=1S/C20H27N.C16H22.CH5N/c1-17-7-2-3-9-20(17)19-12-10-18(11-13-19)8-6-16-21-14-4-5-15-21;1-4-6-7-8-9-14(3)16-12-10-15(5-2)11-13-16;1-2/h2-3,9-13,17H,4-8,14-16H2,1H3;4,10-13H,1,3,5-9H2,2H3;2H2,1H3. The molecule has 1 aliphatic heterocycles.